The van der Waals surface area contributed by atoms with E-state index in [-0.39, 0.29) is 5.78 Å². The highest BCUT2D eigenvalue weighted by atomic mass is 79.9. The predicted octanol–water partition coefficient (Wildman–Crippen LogP) is 2.21. The second kappa shape index (κ2) is 4.97. The third-order valence-electron chi connectivity index (χ3n) is 2.99. The summed E-state index contributed by atoms with van der Waals surface area (Å²) in [5, 5.41) is 3.26. The molecule has 3 N–H and O–H groups in total. The van der Waals surface area contributed by atoms with Gasteiger partial charge in [-0.1, -0.05) is 6.07 Å². The van der Waals surface area contributed by atoms with Crippen LogP contribution in [0, 0.1) is 5.92 Å². The van der Waals surface area contributed by atoms with Crippen LogP contribution in [0.2, 0.25) is 0 Å². The molecular weight excluding hydrogens is 268 g/mol. The summed E-state index contributed by atoms with van der Waals surface area (Å²) in [5.41, 5.74) is 7.07. The highest BCUT2D eigenvalue weighted by molar-refractivity contribution is 9.10. The van der Waals surface area contributed by atoms with Gasteiger partial charge >= 0.3 is 0 Å². The number of halogens is 1. The first kappa shape index (κ1) is 11.6. The maximum Gasteiger partial charge on any atom is 0.165 e. The smallest absolute Gasteiger partial charge is 0.165 e. The van der Waals surface area contributed by atoms with Crippen molar-refractivity contribution in [3.63, 3.8) is 0 Å². The van der Waals surface area contributed by atoms with Crippen molar-refractivity contribution in [1.82, 2.24) is 5.32 Å². The Kier molecular flexibility index (Phi) is 3.61. The number of ketones is 1. The molecule has 1 aliphatic heterocycles. The van der Waals surface area contributed by atoms with E-state index in [4.69, 9.17) is 5.73 Å². The van der Waals surface area contributed by atoms with Crippen LogP contribution >= 0.6 is 15.9 Å². The van der Waals surface area contributed by atoms with E-state index in [2.05, 4.69) is 21.2 Å². The number of carbonyl (C=O) groups is 1. The van der Waals surface area contributed by atoms with Gasteiger partial charge in [-0.05, 0) is 53.5 Å². The Morgan fingerprint density at radius 3 is 3.06 bits per heavy atom. The molecule has 1 aromatic rings. The fourth-order valence-corrected chi connectivity index (χ4v) is 2.41. The first-order valence-corrected chi connectivity index (χ1v) is 6.25. The molecule has 1 saturated heterocycles. The van der Waals surface area contributed by atoms with Gasteiger partial charge in [0, 0.05) is 16.5 Å². The molecule has 1 fully saturated rings. The largest absolute Gasteiger partial charge is 0.397 e. The van der Waals surface area contributed by atoms with Gasteiger partial charge in [0.1, 0.15) is 0 Å². The summed E-state index contributed by atoms with van der Waals surface area (Å²) >= 11 is 3.34. The first-order chi connectivity index (χ1) is 7.68. The number of carbonyl (C=O) groups excluding carboxylic acids is 1. The van der Waals surface area contributed by atoms with Crippen LogP contribution in [0.25, 0.3) is 0 Å². The van der Waals surface area contributed by atoms with Gasteiger partial charge in [0.15, 0.2) is 5.78 Å². The lowest BCUT2D eigenvalue weighted by molar-refractivity contribution is 0.0965. The van der Waals surface area contributed by atoms with Gasteiger partial charge < -0.3 is 11.1 Å². The lowest BCUT2D eigenvalue weighted by Gasteiger charge is -2.09. The Bertz CT molecular complexity index is 400. The van der Waals surface area contributed by atoms with E-state index in [9.17, 15) is 4.79 Å². The minimum absolute atomic E-state index is 0.146. The molecule has 0 radical (unpaired) electrons. The molecule has 0 amide bonds. The van der Waals surface area contributed by atoms with Gasteiger partial charge in [-0.15, -0.1) is 0 Å². The fraction of sp³-hybridized carbons (Fsp3) is 0.417. The van der Waals surface area contributed by atoms with E-state index < -0.39 is 0 Å². The van der Waals surface area contributed by atoms with E-state index in [0.29, 0.717) is 23.6 Å². The molecular formula is C12H15BrN2O. The Hall–Kier alpha value is -0.870. The summed E-state index contributed by atoms with van der Waals surface area (Å²) < 4.78 is 0.794. The van der Waals surface area contributed by atoms with Crippen LogP contribution in [0.1, 0.15) is 23.2 Å². The molecule has 0 saturated carbocycles. The van der Waals surface area contributed by atoms with Crippen molar-refractivity contribution < 1.29 is 4.79 Å². The van der Waals surface area contributed by atoms with E-state index in [1.807, 2.05) is 12.1 Å². The Morgan fingerprint density at radius 1 is 1.56 bits per heavy atom. The van der Waals surface area contributed by atoms with Crippen molar-refractivity contribution in [1.29, 1.82) is 0 Å². The molecule has 3 nitrogen and oxygen atoms in total. The van der Waals surface area contributed by atoms with Crippen LogP contribution in [0.5, 0.6) is 0 Å². The summed E-state index contributed by atoms with van der Waals surface area (Å²) in [6, 6.07) is 5.49. The summed E-state index contributed by atoms with van der Waals surface area (Å²) in [4.78, 5) is 12.0. The first-order valence-electron chi connectivity index (χ1n) is 5.46. The molecule has 0 aromatic heterocycles. The van der Waals surface area contributed by atoms with Crippen molar-refractivity contribution in [3.05, 3.63) is 28.2 Å². The minimum Gasteiger partial charge on any atom is -0.397 e. The summed E-state index contributed by atoms with van der Waals surface area (Å²) in [6.07, 6.45) is 1.67. The number of anilines is 1. The number of para-hydroxylation sites is 1. The second-order valence-electron chi connectivity index (χ2n) is 4.19. The summed E-state index contributed by atoms with van der Waals surface area (Å²) in [6.45, 7) is 1.96. The van der Waals surface area contributed by atoms with Crippen LogP contribution < -0.4 is 11.1 Å². The third-order valence-corrected chi connectivity index (χ3v) is 3.68. The topological polar surface area (TPSA) is 55.1 Å². The molecule has 1 heterocycles. The number of Topliss-reactive ketones (excluding diaryl/α,β-unsaturated/α-hetero) is 1. The molecule has 1 aromatic carbocycles. The highest BCUT2D eigenvalue weighted by Gasteiger charge is 2.20. The fourth-order valence-electron chi connectivity index (χ4n) is 2.04. The van der Waals surface area contributed by atoms with Crippen LogP contribution in [0.3, 0.4) is 0 Å². The van der Waals surface area contributed by atoms with Gasteiger partial charge in [0.25, 0.3) is 0 Å². The van der Waals surface area contributed by atoms with Gasteiger partial charge in [-0.2, -0.15) is 0 Å². The van der Waals surface area contributed by atoms with Crippen molar-refractivity contribution in [2.24, 2.45) is 5.92 Å². The van der Waals surface area contributed by atoms with Crippen molar-refractivity contribution in [3.8, 4) is 0 Å². The monoisotopic (exact) mass is 282 g/mol. The van der Waals surface area contributed by atoms with E-state index in [1.165, 1.54) is 0 Å². The molecule has 1 atom stereocenters. The van der Waals surface area contributed by atoms with E-state index in [1.54, 1.807) is 6.07 Å². The van der Waals surface area contributed by atoms with Crippen molar-refractivity contribution >= 4 is 27.4 Å². The average molecular weight is 283 g/mol. The number of benzene rings is 1. The van der Waals surface area contributed by atoms with Gasteiger partial charge in [0.05, 0.1) is 5.69 Å². The van der Waals surface area contributed by atoms with Crippen molar-refractivity contribution in [2.75, 3.05) is 18.8 Å². The number of nitrogen functional groups attached to an aromatic ring is 1. The molecule has 86 valence electrons. The van der Waals surface area contributed by atoms with Crippen LogP contribution in [0.15, 0.2) is 22.7 Å². The van der Waals surface area contributed by atoms with Crippen LogP contribution in [-0.2, 0) is 0 Å². The zero-order valence-electron chi connectivity index (χ0n) is 9.00. The molecule has 1 aliphatic rings. The maximum atomic E-state index is 12.0. The zero-order chi connectivity index (χ0) is 11.5. The molecule has 0 aliphatic carbocycles. The Labute approximate surface area is 104 Å². The molecule has 0 bridgehead atoms. The highest BCUT2D eigenvalue weighted by Crippen LogP contribution is 2.25. The maximum absolute atomic E-state index is 12.0. The number of nitrogens with two attached hydrogens (primary N) is 1. The zero-order valence-corrected chi connectivity index (χ0v) is 10.6. The second-order valence-corrected chi connectivity index (χ2v) is 5.04. The average Bonchev–Trinajstić information content (AvgIpc) is 2.74. The lowest BCUT2D eigenvalue weighted by Crippen LogP contribution is -2.14. The van der Waals surface area contributed by atoms with Gasteiger partial charge in [-0.3, -0.25) is 4.79 Å². The molecule has 4 heteroatoms. The molecule has 2 rings (SSSR count). The summed E-state index contributed by atoms with van der Waals surface area (Å²) in [7, 11) is 0. The Morgan fingerprint density at radius 2 is 2.38 bits per heavy atom. The van der Waals surface area contributed by atoms with E-state index >= 15 is 0 Å². The predicted molar refractivity (Wildman–Crippen MR) is 68.5 cm³/mol. The normalized spacial score (nSPS) is 19.9. The van der Waals surface area contributed by atoms with Gasteiger partial charge in [0.2, 0.25) is 0 Å². The van der Waals surface area contributed by atoms with E-state index in [0.717, 1.165) is 24.0 Å². The Balaban J connectivity index is 2.11. The lowest BCUT2D eigenvalue weighted by atomic mass is 9.97. The summed E-state index contributed by atoms with van der Waals surface area (Å²) in [5.74, 6) is 0.610. The number of rotatable bonds is 3. The molecule has 16 heavy (non-hydrogen) atoms. The minimum atomic E-state index is 0.146. The van der Waals surface area contributed by atoms with Crippen LogP contribution in [-0.4, -0.2) is 18.9 Å². The SMILES string of the molecule is Nc1c(Br)cccc1C(=O)CC1CCNC1. The number of nitrogens with one attached hydrogen (secondary N) is 1. The standard InChI is InChI=1S/C12H15BrN2O/c13-10-3-1-2-9(12(10)14)11(16)6-8-4-5-15-7-8/h1-3,8,15H,4-7,14H2. The quantitative estimate of drug-likeness (QED) is 0.660. The van der Waals surface area contributed by atoms with Crippen molar-refractivity contribution in [2.45, 2.75) is 12.8 Å². The third kappa shape index (κ3) is 2.44. The number of hydrogen-bond donors (Lipinski definition) is 2. The molecule has 0 spiro atoms. The van der Waals surface area contributed by atoms with Gasteiger partial charge in [-0.25, -0.2) is 0 Å². The van der Waals surface area contributed by atoms with Crippen LogP contribution in [0.4, 0.5) is 5.69 Å². The molecule has 1 unspecified atom stereocenters. The number of hydrogen-bond acceptors (Lipinski definition) is 3.